The fourth-order valence-electron chi connectivity index (χ4n) is 5.14. The summed E-state index contributed by atoms with van der Waals surface area (Å²) in [6.45, 7) is 8.96. The molecule has 1 aliphatic heterocycles. The molecule has 38 heavy (non-hydrogen) atoms. The van der Waals surface area contributed by atoms with Gasteiger partial charge in [-0.05, 0) is 81.1 Å². The van der Waals surface area contributed by atoms with Crippen LogP contribution < -0.4 is 4.74 Å². The average Bonchev–Trinajstić information content (AvgIpc) is 3.41. The molecule has 1 aromatic heterocycles. The highest BCUT2D eigenvalue weighted by molar-refractivity contribution is 6.00. The maximum Gasteiger partial charge on any atom is 0.273 e. The van der Waals surface area contributed by atoms with Gasteiger partial charge < -0.3 is 19.5 Å². The zero-order valence-electron chi connectivity index (χ0n) is 22.2. The number of aromatic nitrogens is 2. The number of aryl methyl sites for hydroxylation is 2. The van der Waals surface area contributed by atoms with Gasteiger partial charge in [-0.25, -0.2) is 0 Å². The van der Waals surface area contributed by atoms with E-state index in [1.165, 1.54) is 0 Å². The number of ether oxygens (including phenoxy) is 2. The fourth-order valence-corrected chi connectivity index (χ4v) is 5.14. The van der Waals surface area contributed by atoms with Crippen LogP contribution in [-0.4, -0.2) is 45.4 Å². The van der Waals surface area contributed by atoms with Gasteiger partial charge in [0.05, 0.1) is 12.1 Å². The highest BCUT2D eigenvalue weighted by atomic mass is 16.5. The molecule has 7 heteroatoms. The Balaban J connectivity index is 1.57. The van der Waals surface area contributed by atoms with Crippen molar-refractivity contribution in [3.8, 4) is 28.5 Å². The summed E-state index contributed by atoms with van der Waals surface area (Å²) < 4.78 is 11.9. The molecule has 0 saturated carbocycles. The number of rotatable bonds is 9. The molecule has 2 heterocycles. The molecule has 0 spiro atoms. The van der Waals surface area contributed by atoms with Crippen LogP contribution in [0, 0.1) is 13.8 Å². The second kappa shape index (κ2) is 10.7. The number of benzene rings is 3. The highest BCUT2D eigenvalue weighted by Crippen LogP contribution is 2.46. The SMILES string of the molecule is Cc1cc(C)c(-c2n[nH]c3c2C(c2cccc(Oc4ccccc4)c2)N(CCCOC(C)C)C3=O)c(O)c1. The van der Waals surface area contributed by atoms with Gasteiger partial charge in [-0.3, -0.25) is 9.89 Å². The number of nitrogens with one attached hydrogen (secondary N) is 1. The lowest BCUT2D eigenvalue weighted by atomic mass is 9.93. The molecule has 2 N–H and O–H groups in total. The van der Waals surface area contributed by atoms with E-state index in [1.807, 2.05) is 93.3 Å². The first-order chi connectivity index (χ1) is 18.3. The van der Waals surface area contributed by atoms with Crippen molar-refractivity contribution in [3.05, 3.63) is 94.7 Å². The van der Waals surface area contributed by atoms with Crippen molar-refractivity contribution in [2.24, 2.45) is 0 Å². The Morgan fingerprint density at radius 3 is 2.53 bits per heavy atom. The van der Waals surface area contributed by atoms with E-state index < -0.39 is 6.04 Å². The summed E-state index contributed by atoms with van der Waals surface area (Å²) in [6, 6.07) is 20.8. The summed E-state index contributed by atoms with van der Waals surface area (Å²) in [5.74, 6) is 1.44. The lowest BCUT2D eigenvalue weighted by molar-refractivity contribution is 0.0601. The van der Waals surface area contributed by atoms with Crippen LogP contribution in [0.25, 0.3) is 11.3 Å². The number of carbonyl (C=O) groups excluding carboxylic acids is 1. The Morgan fingerprint density at radius 1 is 1.03 bits per heavy atom. The van der Waals surface area contributed by atoms with Gasteiger partial charge >= 0.3 is 0 Å². The zero-order chi connectivity index (χ0) is 26.8. The molecule has 3 aromatic carbocycles. The van der Waals surface area contributed by atoms with Crippen LogP contribution in [0.5, 0.6) is 17.2 Å². The van der Waals surface area contributed by atoms with E-state index in [4.69, 9.17) is 9.47 Å². The van der Waals surface area contributed by atoms with Crippen LogP contribution in [0.2, 0.25) is 0 Å². The Bertz CT molecular complexity index is 1420. The number of phenolic OH excluding ortho intramolecular Hbond substituents is 1. The predicted molar refractivity (Wildman–Crippen MR) is 147 cm³/mol. The molecular formula is C31H33N3O4. The van der Waals surface area contributed by atoms with Crippen molar-refractivity contribution in [1.29, 1.82) is 0 Å². The van der Waals surface area contributed by atoms with E-state index in [1.54, 1.807) is 6.07 Å². The molecule has 5 rings (SSSR count). The number of aromatic amines is 1. The van der Waals surface area contributed by atoms with Crippen molar-refractivity contribution in [2.45, 2.75) is 46.3 Å². The summed E-state index contributed by atoms with van der Waals surface area (Å²) in [7, 11) is 0. The van der Waals surface area contributed by atoms with Crippen molar-refractivity contribution in [1.82, 2.24) is 15.1 Å². The first-order valence-corrected chi connectivity index (χ1v) is 13.0. The van der Waals surface area contributed by atoms with E-state index in [0.29, 0.717) is 42.3 Å². The van der Waals surface area contributed by atoms with Crippen LogP contribution in [0.15, 0.2) is 66.7 Å². The Kier molecular flexibility index (Phi) is 7.20. The quantitative estimate of drug-likeness (QED) is 0.249. The number of amides is 1. The van der Waals surface area contributed by atoms with Crippen molar-refractivity contribution < 1.29 is 19.4 Å². The number of hydrogen-bond donors (Lipinski definition) is 2. The number of carbonyl (C=O) groups is 1. The summed E-state index contributed by atoms with van der Waals surface area (Å²) in [6.07, 6.45) is 0.825. The third kappa shape index (κ3) is 5.02. The van der Waals surface area contributed by atoms with Gasteiger partial charge in [0.15, 0.2) is 0 Å². The fraction of sp³-hybridized carbons (Fsp3) is 0.290. The summed E-state index contributed by atoms with van der Waals surface area (Å²) in [5, 5.41) is 18.4. The van der Waals surface area contributed by atoms with E-state index in [0.717, 1.165) is 28.0 Å². The number of H-pyrrole nitrogens is 1. The summed E-state index contributed by atoms with van der Waals surface area (Å²) >= 11 is 0. The molecule has 1 atom stereocenters. The van der Waals surface area contributed by atoms with Gasteiger partial charge in [0.2, 0.25) is 0 Å². The minimum atomic E-state index is -0.398. The van der Waals surface area contributed by atoms with Crippen LogP contribution >= 0.6 is 0 Å². The molecule has 0 radical (unpaired) electrons. The zero-order valence-corrected chi connectivity index (χ0v) is 22.2. The molecule has 196 valence electrons. The van der Waals surface area contributed by atoms with Crippen LogP contribution in [0.3, 0.4) is 0 Å². The van der Waals surface area contributed by atoms with Crippen molar-refractivity contribution in [3.63, 3.8) is 0 Å². The Hall–Kier alpha value is -4.10. The van der Waals surface area contributed by atoms with Gasteiger partial charge in [-0.2, -0.15) is 5.10 Å². The lowest BCUT2D eigenvalue weighted by Crippen LogP contribution is -2.31. The molecule has 1 amide bonds. The molecule has 1 aliphatic rings. The molecule has 0 bridgehead atoms. The van der Waals surface area contributed by atoms with Gasteiger partial charge in [-0.15, -0.1) is 0 Å². The van der Waals surface area contributed by atoms with Crippen LogP contribution in [0.1, 0.15) is 59.1 Å². The molecule has 1 unspecified atom stereocenters. The van der Waals surface area contributed by atoms with Crippen molar-refractivity contribution in [2.75, 3.05) is 13.2 Å². The van der Waals surface area contributed by atoms with Gasteiger partial charge in [0.25, 0.3) is 5.91 Å². The number of phenols is 1. The number of para-hydroxylation sites is 1. The molecule has 0 saturated heterocycles. The summed E-state index contributed by atoms with van der Waals surface area (Å²) in [5.41, 5.74) is 5.19. The number of hydrogen-bond acceptors (Lipinski definition) is 5. The van der Waals surface area contributed by atoms with E-state index >= 15 is 0 Å². The Morgan fingerprint density at radius 2 is 1.79 bits per heavy atom. The van der Waals surface area contributed by atoms with Gasteiger partial charge in [0.1, 0.15) is 28.6 Å². The topological polar surface area (TPSA) is 87.7 Å². The maximum atomic E-state index is 13.7. The standard InChI is InChI=1S/C31H33N3O4/c1-19(2)37-15-9-14-34-30(22-10-8-13-24(18-22)38-23-11-6-5-7-12-23)27-28(32-33-29(27)31(34)36)26-21(4)16-20(3)17-25(26)35/h5-8,10-13,16-19,30,35H,9,14-15H2,1-4H3,(H,32,33). The third-order valence-electron chi connectivity index (χ3n) is 6.71. The predicted octanol–water partition coefficient (Wildman–Crippen LogP) is 6.55. The second-order valence-electron chi connectivity index (χ2n) is 10.00. The maximum absolute atomic E-state index is 13.7. The summed E-state index contributed by atoms with van der Waals surface area (Å²) in [4.78, 5) is 15.5. The number of aromatic hydroxyl groups is 1. The average molecular weight is 512 g/mol. The first kappa shape index (κ1) is 25.5. The highest BCUT2D eigenvalue weighted by Gasteiger charge is 2.42. The van der Waals surface area contributed by atoms with Gasteiger partial charge in [0, 0.05) is 24.3 Å². The number of fused-ring (bicyclic) bond motifs is 1. The normalized spacial score (nSPS) is 14.8. The first-order valence-electron chi connectivity index (χ1n) is 13.0. The van der Waals surface area contributed by atoms with Crippen LogP contribution in [0.4, 0.5) is 0 Å². The Labute approximate surface area is 223 Å². The van der Waals surface area contributed by atoms with Crippen molar-refractivity contribution >= 4 is 5.91 Å². The lowest BCUT2D eigenvalue weighted by Gasteiger charge is -2.27. The van der Waals surface area contributed by atoms with E-state index in [9.17, 15) is 9.90 Å². The molecule has 0 aliphatic carbocycles. The smallest absolute Gasteiger partial charge is 0.273 e. The largest absolute Gasteiger partial charge is 0.507 e. The molecular weight excluding hydrogens is 478 g/mol. The minimum Gasteiger partial charge on any atom is -0.507 e. The number of nitrogens with zero attached hydrogens (tertiary/aromatic N) is 2. The van der Waals surface area contributed by atoms with Gasteiger partial charge in [-0.1, -0.05) is 36.4 Å². The van der Waals surface area contributed by atoms with E-state index in [-0.39, 0.29) is 17.8 Å². The monoisotopic (exact) mass is 511 g/mol. The molecule has 0 fully saturated rings. The molecule has 7 nitrogen and oxygen atoms in total. The third-order valence-corrected chi connectivity index (χ3v) is 6.71. The van der Waals surface area contributed by atoms with E-state index in [2.05, 4.69) is 10.2 Å². The minimum absolute atomic E-state index is 0.119. The van der Waals surface area contributed by atoms with Crippen LogP contribution in [-0.2, 0) is 4.74 Å². The molecule has 4 aromatic rings. The second-order valence-corrected chi connectivity index (χ2v) is 10.00.